The zero-order valence-electron chi connectivity index (χ0n) is 12.0. The second-order valence-corrected chi connectivity index (χ2v) is 5.84. The average Bonchev–Trinajstić information content (AvgIpc) is 2.32. The molecule has 3 N–H and O–H groups in total. The van der Waals surface area contributed by atoms with Crippen molar-refractivity contribution in [1.29, 1.82) is 0 Å². The minimum Gasteiger partial charge on any atom is -0.370 e. The minimum atomic E-state index is -0.00692. The standard InChI is InChI=1S/C14H20Cl2N4.HI/c1-10(12-4-3-11(15)9-13(12)16)19-14(17)18-5-8-20-6-2-7-20;/h3-4,9-10H,2,5-8H2,1H3,(H3,17,18,19);1H. The number of nitrogens with one attached hydrogen (secondary N) is 1. The van der Waals surface area contributed by atoms with Gasteiger partial charge in [0.2, 0.25) is 0 Å². The lowest BCUT2D eigenvalue weighted by atomic mass is 10.1. The van der Waals surface area contributed by atoms with Gasteiger partial charge in [-0.1, -0.05) is 29.3 Å². The molecule has 0 aromatic heterocycles. The maximum absolute atomic E-state index is 6.17. The summed E-state index contributed by atoms with van der Waals surface area (Å²) in [7, 11) is 0. The van der Waals surface area contributed by atoms with Gasteiger partial charge in [-0.3, -0.25) is 4.99 Å². The van der Waals surface area contributed by atoms with Crippen molar-refractivity contribution in [3.8, 4) is 0 Å². The fourth-order valence-electron chi connectivity index (χ4n) is 2.12. The molecule has 0 aliphatic carbocycles. The molecule has 1 saturated heterocycles. The quantitative estimate of drug-likeness (QED) is 0.418. The normalized spacial score (nSPS) is 16.8. The van der Waals surface area contributed by atoms with Crippen LogP contribution >= 0.6 is 47.2 Å². The highest BCUT2D eigenvalue weighted by Crippen LogP contribution is 2.25. The Morgan fingerprint density at radius 1 is 1.43 bits per heavy atom. The topological polar surface area (TPSA) is 53.6 Å². The van der Waals surface area contributed by atoms with E-state index in [0.29, 0.717) is 16.0 Å². The third-order valence-corrected chi connectivity index (χ3v) is 4.00. The van der Waals surface area contributed by atoms with Crippen LogP contribution in [0.1, 0.15) is 24.9 Å². The van der Waals surface area contributed by atoms with Crippen molar-refractivity contribution in [3.63, 3.8) is 0 Å². The van der Waals surface area contributed by atoms with Crippen molar-refractivity contribution in [2.75, 3.05) is 26.2 Å². The molecule has 1 aromatic carbocycles. The van der Waals surface area contributed by atoms with Gasteiger partial charge >= 0.3 is 0 Å². The van der Waals surface area contributed by atoms with Gasteiger partial charge in [-0.25, -0.2) is 0 Å². The summed E-state index contributed by atoms with van der Waals surface area (Å²) in [5, 5.41) is 4.41. The first-order valence-electron chi connectivity index (χ1n) is 6.80. The van der Waals surface area contributed by atoms with Gasteiger partial charge in [-0.05, 0) is 44.1 Å². The van der Waals surface area contributed by atoms with Crippen molar-refractivity contribution in [2.45, 2.75) is 19.4 Å². The zero-order valence-corrected chi connectivity index (χ0v) is 15.8. The maximum Gasteiger partial charge on any atom is 0.189 e. The van der Waals surface area contributed by atoms with Gasteiger partial charge in [-0.15, -0.1) is 24.0 Å². The number of nitrogens with two attached hydrogens (primary N) is 1. The Kier molecular flexibility index (Phi) is 8.08. The van der Waals surface area contributed by atoms with E-state index in [1.807, 2.05) is 19.1 Å². The number of halogens is 3. The molecule has 1 atom stereocenters. The predicted octanol–water partition coefficient (Wildman–Crippen LogP) is 3.28. The molecular weight excluding hydrogens is 422 g/mol. The molecule has 0 radical (unpaired) electrons. The molecule has 118 valence electrons. The Labute approximate surface area is 153 Å². The zero-order chi connectivity index (χ0) is 14.5. The van der Waals surface area contributed by atoms with Crippen LogP contribution in [0, 0.1) is 0 Å². The van der Waals surface area contributed by atoms with E-state index in [9.17, 15) is 0 Å². The van der Waals surface area contributed by atoms with Gasteiger partial charge in [0.15, 0.2) is 5.96 Å². The first-order valence-corrected chi connectivity index (χ1v) is 7.55. The molecule has 1 unspecified atom stereocenters. The summed E-state index contributed by atoms with van der Waals surface area (Å²) in [4.78, 5) is 6.69. The molecule has 1 aromatic rings. The van der Waals surface area contributed by atoms with Crippen molar-refractivity contribution >= 4 is 53.1 Å². The number of likely N-dealkylation sites (tertiary alicyclic amines) is 1. The van der Waals surface area contributed by atoms with Crippen LogP contribution in [0.25, 0.3) is 0 Å². The fraction of sp³-hybridized carbons (Fsp3) is 0.500. The van der Waals surface area contributed by atoms with Gasteiger partial charge < -0.3 is 16.0 Å². The molecule has 1 heterocycles. The highest BCUT2D eigenvalue weighted by atomic mass is 127. The van der Waals surface area contributed by atoms with Gasteiger partial charge in [0.1, 0.15) is 0 Å². The molecule has 1 fully saturated rings. The number of aliphatic imine (C=N–C) groups is 1. The highest BCUT2D eigenvalue weighted by Gasteiger charge is 2.13. The first-order chi connectivity index (χ1) is 9.56. The van der Waals surface area contributed by atoms with Crippen LogP contribution in [0.4, 0.5) is 0 Å². The van der Waals surface area contributed by atoms with E-state index in [4.69, 9.17) is 28.9 Å². The van der Waals surface area contributed by atoms with Crippen LogP contribution in [0.5, 0.6) is 0 Å². The van der Waals surface area contributed by atoms with E-state index < -0.39 is 0 Å². The van der Waals surface area contributed by atoms with Gasteiger partial charge in [0.25, 0.3) is 0 Å². The third kappa shape index (κ3) is 5.81. The molecule has 0 spiro atoms. The average molecular weight is 443 g/mol. The molecule has 1 aliphatic heterocycles. The van der Waals surface area contributed by atoms with Crippen molar-refractivity contribution in [3.05, 3.63) is 33.8 Å². The summed E-state index contributed by atoms with van der Waals surface area (Å²) >= 11 is 12.1. The lowest BCUT2D eigenvalue weighted by Crippen LogP contribution is -2.39. The molecule has 4 nitrogen and oxygen atoms in total. The second kappa shape index (κ2) is 9.02. The maximum atomic E-state index is 6.17. The molecule has 0 saturated carbocycles. The smallest absolute Gasteiger partial charge is 0.189 e. The molecule has 2 rings (SSSR count). The monoisotopic (exact) mass is 442 g/mol. The van der Waals surface area contributed by atoms with Crippen molar-refractivity contribution in [2.24, 2.45) is 10.7 Å². The van der Waals surface area contributed by atoms with Crippen LogP contribution in [0.2, 0.25) is 10.0 Å². The van der Waals surface area contributed by atoms with Crippen LogP contribution in [0.15, 0.2) is 23.2 Å². The van der Waals surface area contributed by atoms with E-state index in [-0.39, 0.29) is 30.0 Å². The van der Waals surface area contributed by atoms with Crippen molar-refractivity contribution in [1.82, 2.24) is 10.2 Å². The Morgan fingerprint density at radius 3 is 2.71 bits per heavy atom. The minimum absolute atomic E-state index is 0. The Balaban J connectivity index is 0.00000220. The highest BCUT2D eigenvalue weighted by molar-refractivity contribution is 14.0. The van der Waals surface area contributed by atoms with Gasteiger partial charge in [0.05, 0.1) is 12.6 Å². The predicted molar refractivity (Wildman–Crippen MR) is 101 cm³/mol. The number of rotatable bonds is 5. The summed E-state index contributed by atoms with van der Waals surface area (Å²) < 4.78 is 0. The lowest BCUT2D eigenvalue weighted by Gasteiger charge is -2.29. The summed E-state index contributed by atoms with van der Waals surface area (Å²) in [5.74, 6) is 0.448. The summed E-state index contributed by atoms with van der Waals surface area (Å²) in [6.07, 6.45) is 1.30. The van der Waals surface area contributed by atoms with Crippen LogP contribution in [0.3, 0.4) is 0 Å². The second-order valence-electron chi connectivity index (χ2n) is 4.99. The van der Waals surface area contributed by atoms with E-state index in [0.717, 1.165) is 18.7 Å². The Morgan fingerprint density at radius 2 is 2.14 bits per heavy atom. The fourth-order valence-corrected chi connectivity index (χ4v) is 2.69. The first kappa shape index (κ1) is 18.8. The SMILES string of the molecule is CC(NC(N)=NCCN1CCC1)c1ccc(Cl)cc1Cl.I. The van der Waals surface area contributed by atoms with Crippen LogP contribution < -0.4 is 11.1 Å². The number of guanidine groups is 1. The van der Waals surface area contributed by atoms with Crippen LogP contribution in [-0.4, -0.2) is 37.0 Å². The molecule has 1 aliphatic rings. The van der Waals surface area contributed by atoms with E-state index >= 15 is 0 Å². The van der Waals surface area contributed by atoms with E-state index in [2.05, 4.69) is 15.2 Å². The summed E-state index contributed by atoms with van der Waals surface area (Å²) in [6, 6.07) is 5.44. The number of hydrogen-bond acceptors (Lipinski definition) is 2. The summed E-state index contributed by atoms with van der Waals surface area (Å²) in [6.45, 7) is 6.05. The molecule has 0 amide bonds. The largest absolute Gasteiger partial charge is 0.370 e. The molecule has 7 heteroatoms. The number of benzene rings is 1. The van der Waals surface area contributed by atoms with Gasteiger partial charge in [-0.2, -0.15) is 0 Å². The molecule has 21 heavy (non-hydrogen) atoms. The Bertz CT molecular complexity index is 492. The Hall–Kier alpha value is -0.240. The van der Waals surface area contributed by atoms with Gasteiger partial charge in [0, 0.05) is 16.6 Å². The molecule has 0 bridgehead atoms. The molecular formula is C14H21Cl2IN4. The van der Waals surface area contributed by atoms with Crippen LogP contribution in [-0.2, 0) is 0 Å². The summed E-state index contributed by atoms with van der Waals surface area (Å²) in [5.41, 5.74) is 6.84. The van der Waals surface area contributed by atoms with E-state index in [1.54, 1.807) is 6.07 Å². The number of hydrogen-bond donors (Lipinski definition) is 2. The number of nitrogens with zero attached hydrogens (tertiary/aromatic N) is 2. The lowest BCUT2D eigenvalue weighted by molar-refractivity contribution is 0.187. The van der Waals surface area contributed by atoms with Crippen molar-refractivity contribution < 1.29 is 0 Å². The third-order valence-electron chi connectivity index (χ3n) is 3.44. The van der Waals surface area contributed by atoms with E-state index in [1.165, 1.54) is 19.5 Å².